The molecule has 1 aromatic carbocycles. The molecule has 2 N–H and O–H groups in total. The second-order valence-corrected chi connectivity index (χ2v) is 8.28. The molecular weight excluding hydrogens is 372 g/mol. The Morgan fingerprint density at radius 3 is 2.55 bits per heavy atom. The van der Waals surface area contributed by atoms with Gasteiger partial charge < -0.3 is 10.2 Å². The lowest BCUT2D eigenvalue weighted by molar-refractivity contribution is -0.136. The number of amides is 4. The van der Waals surface area contributed by atoms with E-state index in [1.54, 1.807) is 12.1 Å². The van der Waals surface area contributed by atoms with Crippen LogP contribution in [0.4, 0.5) is 5.69 Å². The van der Waals surface area contributed by atoms with Crippen molar-refractivity contribution in [3.05, 3.63) is 29.3 Å². The van der Waals surface area contributed by atoms with Crippen LogP contribution in [0.3, 0.4) is 0 Å². The van der Waals surface area contributed by atoms with Crippen LogP contribution < -0.4 is 15.5 Å². The summed E-state index contributed by atoms with van der Waals surface area (Å²) in [7, 11) is 0. The Labute approximate surface area is 168 Å². The van der Waals surface area contributed by atoms with E-state index >= 15 is 0 Å². The highest BCUT2D eigenvalue weighted by molar-refractivity contribution is 6.23. The lowest BCUT2D eigenvalue weighted by Gasteiger charge is -2.46. The van der Waals surface area contributed by atoms with Crippen LogP contribution in [0.15, 0.2) is 18.2 Å². The Morgan fingerprint density at radius 2 is 1.72 bits per heavy atom. The maximum atomic E-state index is 13.1. The SMILES string of the molecule is O=C1CCC(N2C(=O)c3ccc(N4CCN[C@H]5CCCC[C@@H]54)cc3C2=O)C(=O)N1. The highest BCUT2D eigenvalue weighted by atomic mass is 16.2. The molecule has 29 heavy (non-hydrogen) atoms. The molecule has 3 atom stereocenters. The number of imide groups is 2. The number of fused-ring (bicyclic) bond motifs is 2. The number of nitrogens with one attached hydrogen (secondary N) is 2. The van der Waals surface area contributed by atoms with Crippen molar-refractivity contribution in [3.8, 4) is 0 Å². The minimum atomic E-state index is -0.925. The van der Waals surface area contributed by atoms with Crippen molar-refractivity contribution < 1.29 is 19.2 Å². The average molecular weight is 396 g/mol. The van der Waals surface area contributed by atoms with Gasteiger partial charge in [0.25, 0.3) is 11.8 Å². The third-order valence-electron chi connectivity index (χ3n) is 6.64. The first-order valence-corrected chi connectivity index (χ1v) is 10.4. The van der Waals surface area contributed by atoms with Crippen molar-refractivity contribution >= 4 is 29.3 Å². The molecule has 0 aromatic heterocycles. The van der Waals surface area contributed by atoms with Crippen molar-refractivity contribution in [1.82, 2.24) is 15.5 Å². The second kappa shape index (κ2) is 6.95. The second-order valence-electron chi connectivity index (χ2n) is 8.28. The monoisotopic (exact) mass is 396 g/mol. The topological polar surface area (TPSA) is 98.8 Å². The molecule has 3 aliphatic heterocycles. The summed E-state index contributed by atoms with van der Waals surface area (Å²) < 4.78 is 0. The number of hydrogen-bond acceptors (Lipinski definition) is 6. The molecule has 8 heteroatoms. The molecule has 4 amide bonds. The van der Waals surface area contributed by atoms with Crippen LogP contribution in [0.25, 0.3) is 0 Å². The number of hydrogen-bond donors (Lipinski definition) is 2. The Hall–Kier alpha value is -2.74. The van der Waals surface area contributed by atoms with Gasteiger partial charge in [-0.1, -0.05) is 12.8 Å². The maximum Gasteiger partial charge on any atom is 0.262 e. The van der Waals surface area contributed by atoms with Gasteiger partial charge in [-0.2, -0.15) is 0 Å². The number of rotatable bonds is 2. The molecule has 5 rings (SSSR count). The fourth-order valence-corrected chi connectivity index (χ4v) is 5.22. The number of benzene rings is 1. The molecule has 0 spiro atoms. The number of carbonyl (C=O) groups excluding carboxylic acids is 4. The molecule has 0 bridgehead atoms. The molecule has 2 saturated heterocycles. The molecule has 1 aromatic rings. The summed E-state index contributed by atoms with van der Waals surface area (Å²) in [6, 6.07) is 5.35. The number of piperidine rings is 1. The van der Waals surface area contributed by atoms with Crippen LogP contribution in [-0.4, -0.2) is 59.7 Å². The highest BCUT2D eigenvalue weighted by Gasteiger charge is 2.45. The molecule has 152 valence electrons. The zero-order valence-electron chi connectivity index (χ0n) is 16.1. The van der Waals surface area contributed by atoms with Crippen LogP contribution in [0, 0.1) is 0 Å². The summed E-state index contributed by atoms with van der Waals surface area (Å²) >= 11 is 0. The van der Waals surface area contributed by atoms with Gasteiger partial charge in [-0.25, -0.2) is 0 Å². The van der Waals surface area contributed by atoms with Gasteiger partial charge in [0, 0.05) is 37.3 Å². The van der Waals surface area contributed by atoms with Crippen LogP contribution in [0.2, 0.25) is 0 Å². The normalized spacial score (nSPS) is 29.6. The van der Waals surface area contributed by atoms with Gasteiger partial charge in [-0.05, 0) is 37.5 Å². The van der Waals surface area contributed by atoms with Gasteiger partial charge >= 0.3 is 0 Å². The fraction of sp³-hybridized carbons (Fsp3) is 0.524. The Bertz CT molecular complexity index is 912. The fourth-order valence-electron chi connectivity index (χ4n) is 5.22. The Morgan fingerprint density at radius 1 is 0.931 bits per heavy atom. The minimum absolute atomic E-state index is 0.124. The van der Waals surface area contributed by atoms with Crippen molar-refractivity contribution in [1.29, 1.82) is 0 Å². The zero-order chi connectivity index (χ0) is 20.1. The van der Waals surface area contributed by atoms with Gasteiger partial charge in [0.15, 0.2) is 0 Å². The quantitative estimate of drug-likeness (QED) is 0.718. The Balaban J connectivity index is 1.44. The number of anilines is 1. The summed E-state index contributed by atoms with van der Waals surface area (Å²) in [5.74, 6) is -1.85. The highest BCUT2D eigenvalue weighted by Crippen LogP contribution is 2.34. The Kier molecular flexibility index (Phi) is 4.38. The van der Waals surface area contributed by atoms with Gasteiger partial charge in [-0.15, -0.1) is 0 Å². The van der Waals surface area contributed by atoms with E-state index in [0.29, 0.717) is 23.2 Å². The van der Waals surface area contributed by atoms with Crippen LogP contribution in [0.5, 0.6) is 0 Å². The molecule has 3 heterocycles. The summed E-state index contributed by atoms with van der Waals surface area (Å²) in [4.78, 5) is 52.9. The van der Waals surface area contributed by atoms with Crippen LogP contribution >= 0.6 is 0 Å². The first-order chi connectivity index (χ1) is 14.0. The largest absolute Gasteiger partial charge is 0.366 e. The summed E-state index contributed by atoms with van der Waals surface area (Å²) in [6.45, 7) is 1.76. The third-order valence-corrected chi connectivity index (χ3v) is 6.64. The first kappa shape index (κ1) is 18.3. The van der Waals surface area contributed by atoms with E-state index in [1.165, 1.54) is 12.8 Å². The van der Waals surface area contributed by atoms with Gasteiger partial charge in [0.1, 0.15) is 6.04 Å². The molecule has 3 fully saturated rings. The molecule has 1 saturated carbocycles. The minimum Gasteiger partial charge on any atom is -0.366 e. The van der Waals surface area contributed by atoms with E-state index in [-0.39, 0.29) is 18.7 Å². The standard InChI is InChI=1S/C21H24N4O4/c26-18-8-7-17(19(27)23-18)25-20(28)13-6-5-12(11-14(13)21(25)29)24-10-9-22-15-3-1-2-4-16(15)24/h5-6,11,15-17,22H,1-4,7-10H2,(H,23,26,27)/t15-,16-,17?/m0/s1. The first-order valence-electron chi connectivity index (χ1n) is 10.4. The van der Waals surface area contributed by atoms with Crippen molar-refractivity contribution in [2.45, 2.75) is 56.7 Å². The van der Waals surface area contributed by atoms with E-state index in [1.807, 2.05) is 6.07 Å². The van der Waals surface area contributed by atoms with E-state index in [9.17, 15) is 19.2 Å². The molecular formula is C21H24N4O4. The van der Waals surface area contributed by atoms with Crippen LogP contribution in [0.1, 0.15) is 59.2 Å². The summed E-state index contributed by atoms with van der Waals surface area (Å²) in [6.07, 6.45) is 5.01. The van der Waals surface area contributed by atoms with Crippen LogP contribution in [-0.2, 0) is 9.59 Å². The molecule has 8 nitrogen and oxygen atoms in total. The molecule has 1 unspecified atom stereocenters. The third kappa shape index (κ3) is 2.93. The number of piperazine rings is 1. The van der Waals surface area contributed by atoms with Crippen molar-refractivity contribution in [2.24, 2.45) is 0 Å². The predicted molar refractivity (Wildman–Crippen MR) is 105 cm³/mol. The van der Waals surface area contributed by atoms with Crippen molar-refractivity contribution in [3.63, 3.8) is 0 Å². The van der Waals surface area contributed by atoms with E-state index in [0.717, 1.165) is 36.5 Å². The van der Waals surface area contributed by atoms with E-state index in [4.69, 9.17) is 0 Å². The van der Waals surface area contributed by atoms with Gasteiger partial charge in [0.2, 0.25) is 11.8 Å². The molecule has 1 aliphatic carbocycles. The lowest BCUT2D eigenvalue weighted by Crippen LogP contribution is -2.59. The van der Waals surface area contributed by atoms with E-state index in [2.05, 4.69) is 15.5 Å². The summed E-state index contributed by atoms with van der Waals surface area (Å²) in [5.41, 5.74) is 1.63. The summed E-state index contributed by atoms with van der Waals surface area (Å²) in [5, 5.41) is 5.83. The van der Waals surface area contributed by atoms with Crippen molar-refractivity contribution in [2.75, 3.05) is 18.0 Å². The van der Waals surface area contributed by atoms with Gasteiger partial charge in [0.05, 0.1) is 11.1 Å². The number of carbonyl (C=O) groups is 4. The lowest BCUT2D eigenvalue weighted by atomic mass is 9.87. The van der Waals surface area contributed by atoms with E-state index < -0.39 is 23.8 Å². The predicted octanol–water partition coefficient (Wildman–Crippen LogP) is 0.809. The average Bonchev–Trinajstić information content (AvgIpc) is 2.98. The van der Waals surface area contributed by atoms with Gasteiger partial charge in [-0.3, -0.25) is 29.4 Å². The number of nitrogens with zero attached hydrogens (tertiary/aromatic N) is 2. The molecule has 0 radical (unpaired) electrons. The zero-order valence-corrected chi connectivity index (χ0v) is 16.1. The molecule has 4 aliphatic rings. The maximum absolute atomic E-state index is 13.1. The smallest absolute Gasteiger partial charge is 0.262 e.